The molecule has 1 aromatic heterocycles. The molecule has 1 saturated carbocycles. The van der Waals surface area contributed by atoms with Gasteiger partial charge in [-0.3, -0.25) is 4.79 Å². The van der Waals surface area contributed by atoms with Crippen molar-refractivity contribution in [3.8, 4) is 11.5 Å². The predicted octanol–water partition coefficient (Wildman–Crippen LogP) is 3.96. The fourth-order valence-electron chi connectivity index (χ4n) is 2.57. The zero-order valence-corrected chi connectivity index (χ0v) is 14.3. The second kappa shape index (κ2) is 7.04. The third-order valence-electron chi connectivity index (χ3n) is 3.87. The van der Waals surface area contributed by atoms with Crippen LogP contribution in [0.5, 0.6) is 11.5 Å². The van der Waals surface area contributed by atoms with E-state index in [1.165, 1.54) is 4.88 Å². The number of carbonyl (C=O) groups excluding carboxylic acids is 1. The Morgan fingerprint density at radius 2 is 2.13 bits per heavy atom. The number of methoxy groups -OCH3 is 1. The van der Waals surface area contributed by atoms with Gasteiger partial charge < -0.3 is 14.4 Å². The van der Waals surface area contributed by atoms with Crippen LogP contribution in [0.3, 0.4) is 0 Å². The van der Waals surface area contributed by atoms with Crippen molar-refractivity contribution in [3.05, 3.63) is 46.2 Å². The maximum atomic E-state index is 12.9. The normalized spacial score (nSPS) is 13.7. The summed E-state index contributed by atoms with van der Waals surface area (Å²) in [6, 6.07) is 9.86. The Hall–Kier alpha value is -2.01. The monoisotopic (exact) mass is 331 g/mol. The molecule has 0 atom stereocenters. The third-order valence-corrected chi connectivity index (χ3v) is 4.73. The molecule has 5 heteroatoms. The number of thiophene rings is 1. The minimum Gasteiger partial charge on any atom is -0.493 e. The van der Waals surface area contributed by atoms with Gasteiger partial charge >= 0.3 is 0 Å². The lowest BCUT2D eigenvalue weighted by Crippen LogP contribution is -2.32. The van der Waals surface area contributed by atoms with Gasteiger partial charge in [-0.2, -0.15) is 0 Å². The van der Waals surface area contributed by atoms with Crippen molar-refractivity contribution in [2.45, 2.75) is 32.4 Å². The van der Waals surface area contributed by atoms with Crippen LogP contribution in [0.15, 0.2) is 35.7 Å². The summed E-state index contributed by atoms with van der Waals surface area (Å²) >= 11 is 1.69. The first-order valence-corrected chi connectivity index (χ1v) is 8.75. The van der Waals surface area contributed by atoms with Crippen molar-refractivity contribution in [2.24, 2.45) is 0 Å². The largest absolute Gasteiger partial charge is 0.493 e. The van der Waals surface area contributed by atoms with Crippen molar-refractivity contribution in [1.82, 2.24) is 4.90 Å². The van der Waals surface area contributed by atoms with E-state index >= 15 is 0 Å². The van der Waals surface area contributed by atoms with E-state index in [2.05, 4.69) is 6.07 Å². The highest BCUT2D eigenvalue weighted by Crippen LogP contribution is 2.33. The van der Waals surface area contributed by atoms with Crippen LogP contribution in [0.1, 0.15) is 35.0 Å². The molecule has 0 spiro atoms. The van der Waals surface area contributed by atoms with E-state index in [4.69, 9.17) is 9.47 Å². The van der Waals surface area contributed by atoms with Gasteiger partial charge in [0.2, 0.25) is 0 Å². The van der Waals surface area contributed by atoms with E-state index in [0.717, 1.165) is 12.8 Å². The molecule has 1 amide bonds. The molecule has 4 nitrogen and oxygen atoms in total. The Morgan fingerprint density at radius 3 is 2.74 bits per heavy atom. The van der Waals surface area contributed by atoms with Crippen LogP contribution < -0.4 is 9.47 Å². The number of benzene rings is 1. The van der Waals surface area contributed by atoms with Gasteiger partial charge in [0.05, 0.1) is 20.3 Å². The molecule has 1 fully saturated rings. The number of rotatable bonds is 7. The Morgan fingerprint density at radius 1 is 1.30 bits per heavy atom. The first-order valence-electron chi connectivity index (χ1n) is 7.87. The summed E-state index contributed by atoms with van der Waals surface area (Å²) in [5, 5.41) is 2.05. The SMILES string of the molecule is CCOc1cc(C(=O)N(Cc2cccs2)C2CC2)ccc1OC. The van der Waals surface area contributed by atoms with E-state index in [9.17, 15) is 4.79 Å². The second-order valence-corrected chi connectivity index (χ2v) is 6.57. The van der Waals surface area contributed by atoms with Gasteiger partial charge in [0, 0.05) is 16.5 Å². The lowest BCUT2D eigenvalue weighted by molar-refractivity contribution is 0.0731. The number of carbonyl (C=O) groups is 1. The van der Waals surface area contributed by atoms with Crippen LogP contribution in [0, 0.1) is 0 Å². The Labute approximate surface area is 140 Å². The van der Waals surface area contributed by atoms with Crippen LogP contribution in [-0.2, 0) is 6.54 Å². The smallest absolute Gasteiger partial charge is 0.254 e. The lowest BCUT2D eigenvalue weighted by atomic mass is 10.1. The summed E-state index contributed by atoms with van der Waals surface area (Å²) in [6.07, 6.45) is 2.18. The standard InChI is InChI=1S/C18H21NO3S/c1-3-22-17-11-13(6-9-16(17)21-2)18(20)19(14-7-8-14)12-15-5-4-10-23-15/h4-6,9-11,14H,3,7-8,12H2,1-2H3. The van der Waals surface area contributed by atoms with E-state index in [1.54, 1.807) is 30.6 Å². The highest BCUT2D eigenvalue weighted by molar-refractivity contribution is 7.09. The molecule has 1 heterocycles. The molecule has 2 aromatic rings. The molecule has 3 rings (SSSR count). The van der Waals surface area contributed by atoms with Crippen molar-refractivity contribution in [1.29, 1.82) is 0 Å². The third kappa shape index (κ3) is 3.67. The quantitative estimate of drug-likeness (QED) is 0.771. The van der Waals surface area contributed by atoms with Gasteiger partial charge in [-0.1, -0.05) is 6.07 Å². The van der Waals surface area contributed by atoms with Crippen LogP contribution in [0.25, 0.3) is 0 Å². The van der Waals surface area contributed by atoms with Gasteiger partial charge in [-0.15, -0.1) is 11.3 Å². The topological polar surface area (TPSA) is 38.8 Å². The molecule has 0 saturated heterocycles. The predicted molar refractivity (Wildman–Crippen MR) is 91.4 cm³/mol. The average Bonchev–Trinajstić information content (AvgIpc) is 3.28. The first kappa shape index (κ1) is 15.9. The molecule has 0 radical (unpaired) electrons. The maximum absolute atomic E-state index is 12.9. The molecule has 122 valence electrons. The highest BCUT2D eigenvalue weighted by Gasteiger charge is 2.33. The van der Waals surface area contributed by atoms with Crippen LogP contribution >= 0.6 is 11.3 Å². The summed E-state index contributed by atoms with van der Waals surface area (Å²) in [4.78, 5) is 16.1. The van der Waals surface area contributed by atoms with Crippen molar-refractivity contribution in [2.75, 3.05) is 13.7 Å². The van der Waals surface area contributed by atoms with Crippen molar-refractivity contribution < 1.29 is 14.3 Å². The van der Waals surface area contributed by atoms with Crippen LogP contribution in [0.2, 0.25) is 0 Å². The molecule has 1 aliphatic rings. The highest BCUT2D eigenvalue weighted by atomic mass is 32.1. The van der Waals surface area contributed by atoms with E-state index in [0.29, 0.717) is 36.3 Å². The lowest BCUT2D eigenvalue weighted by Gasteiger charge is -2.22. The molecule has 0 N–H and O–H groups in total. The summed E-state index contributed by atoms with van der Waals surface area (Å²) in [6.45, 7) is 3.13. The molecular formula is C18H21NO3S. The van der Waals surface area contributed by atoms with Gasteiger partial charge in [-0.25, -0.2) is 0 Å². The Bertz CT molecular complexity index is 665. The van der Waals surface area contributed by atoms with Crippen molar-refractivity contribution in [3.63, 3.8) is 0 Å². The second-order valence-electron chi connectivity index (χ2n) is 5.54. The molecule has 0 unspecified atom stereocenters. The molecule has 1 aliphatic carbocycles. The summed E-state index contributed by atoms with van der Waals surface area (Å²) in [7, 11) is 1.60. The zero-order chi connectivity index (χ0) is 16.2. The Balaban J connectivity index is 1.83. The van der Waals surface area contributed by atoms with Gasteiger partial charge in [0.25, 0.3) is 5.91 Å². The number of hydrogen-bond donors (Lipinski definition) is 0. The number of ether oxygens (including phenoxy) is 2. The van der Waals surface area contributed by atoms with Crippen LogP contribution in [0.4, 0.5) is 0 Å². The Kier molecular flexibility index (Phi) is 4.86. The number of hydrogen-bond acceptors (Lipinski definition) is 4. The molecule has 0 aliphatic heterocycles. The molecular weight excluding hydrogens is 310 g/mol. The minimum absolute atomic E-state index is 0.0597. The van der Waals surface area contributed by atoms with Gasteiger partial charge in [0.15, 0.2) is 11.5 Å². The molecule has 1 aromatic carbocycles. The van der Waals surface area contributed by atoms with Gasteiger partial charge in [0.1, 0.15) is 0 Å². The first-order chi connectivity index (χ1) is 11.2. The summed E-state index contributed by atoms with van der Waals surface area (Å²) in [5.41, 5.74) is 0.651. The van der Waals surface area contributed by atoms with E-state index < -0.39 is 0 Å². The average molecular weight is 331 g/mol. The zero-order valence-electron chi connectivity index (χ0n) is 13.5. The van der Waals surface area contributed by atoms with E-state index in [-0.39, 0.29) is 5.91 Å². The minimum atomic E-state index is 0.0597. The van der Waals surface area contributed by atoms with Crippen molar-refractivity contribution >= 4 is 17.2 Å². The summed E-state index contributed by atoms with van der Waals surface area (Å²) < 4.78 is 10.9. The maximum Gasteiger partial charge on any atom is 0.254 e. The number of nitrogens with zero attached hydrogens (tertiary/aromatic N) is 1. The van der Waals surface area contributed by atoms with E-state index in [1.807, 2.05) is 29.3 Å². The molecule has 23 heavy (non-hydrogen) atoms. The summed E-state index contributed by atoms with van der Waals surface area (Å²) in [5.74, 6) is 1.33. The fraction of sp³-hybridized carbons (Fsp3) is 0.389. The number of amides is 1. The molecule has 0 bridgehead atoms. The fourth-order valence-corrected chi connectivity index (χ4v) is 3.27. The van der Waals surface area contributed by atoms with Gasteiger partial charge in [-0.05, 0) is 49.4 Å². The van der Waals surface area contributed by atoms with Crippen LogP contribution in [-0.4, -0.2) is 30.6 Å².